The molecule has 1 atom stereocenters. The third-order valence-electron chi connectivity index (χ3n) is 4.38. The van der Waals surface area contributed by atoms with Crippen LogP contribution < -0.4 is 5.32 Å². The number of piperidine rings is 1. The van der Waals surface area contributed by atoms with Gasteiger partial charge in [0, 0.05) is 30.6 Å². The molecule has 1 fully saturated rings. The van der Waals surface area contributed by atoms with E-state index in [0.717, 1.165) is 17.8 Å². The molecule has 1 aromatic carbocycles. The van der Waals surface area contributed by atoms with Crippen molar-refractivity contribution in [3.63, 3.8) is 0 Å². The summed E-state index contributed by atoms with van der Waals surface area (Å²) >= 11 is 0. The van der Waals surface area contributed by atoms with E-state index in [9.17, 15) is 9.50 Å². The molecule has 1 unspecified atom stereocenters. The Morgan fingerprint density at radius 3 is 2.88 bits per heavy atom. The fourth-order valence-electron chi connectivity index (χ4n) is 2.96. The zero-order valence-electron chi connectivity index (χ0n) is 14.0. The van der Waals surface area contributed by atoms with Crippen LogP contribution in [0.2, 0.25) is 0 Å². The topological polar surface area (TPSA) is 75.9 Å². The summed E-state index contributed by atoms with van der Waals surface area (Å²) in [6.45, 7) is 1.11. The highest BCUT2D eigenvalue weighted by molar-refractivity contribution is 5.68. The van der Waals surface area contributed by atoms with Gasteiger partial charge in [-0.2, -0.15) is 0 Å². The number of phenolic OH excluding ortho intramolecular Hbond substituents is 1. The molecule has 26 heavy (non-hydrogen) atoms. The van der Waals surface area contributed by atoms with Crippen LogP contribution in [0.5, 0.6) is 5.75 Å². The van der Waals surface area contributed by atoms with Crippen molar-refractivity contribution < 1.29 is 9.50 Å². The monoisotopic (exact) mass is 351 g/mol. The summed E-state index contributed by atoms with van der Waals surface area (Å²) in [6, 6.07) is 5.31. The minimum Gasteiger partial charge on any atom is -0.507 e. The molecule has 0 amide bonds. The Bertz CT molecular complexity index is 922. The van der Waals surface area contributed by atoms with Gasteiger partial charge in [0.15, 0.2) is 0 Å². The van der Waals surface area contributed by atoms with Crippen molar-refractivity contribution in [1.29, 1.82) is 0 Å². The van der Waals surface area contributed by atoms with Crippen LogP contribution in [0.15, 0.2) is 54.9 Å². The van der Waals surface area contributed by atoms with Gasteiger partial charge in [0.2, 0.25) is 0 Å². The molecule has 2 N–H and O–H groups in total. The zero-order valence-corrected chi connectivity index (χ0v) is 14.0. The van der Waals surface area contributed by atoms with Crippen LogP contribution in [-0.2, 0) is 0 Å². The third-order valence-corrected chi connectivity index (χ3v) is 4.38. The average molecular weight is 351 g/mol. The number of rotatable bonds is 3. The van der Waals surface area contributed by atoms with Crippen LogP contribution in [0.1, 0.15) is 12.1 Å². The summed E-state index contributed by atoms with van der Waals surface area (Å²) in [5.74, 6) is 0.110. The average Bonchev–Trinajstić information content (AvgIpc) is 3.19. The van der Waals surface area contributed by atoms with Gasteiger partial charge in [-0.3, -0.25) is 9.97 Å². The van der Waals surface area contributed by atoms with Crippen molar-refractivity contribution in [1.82, 2.24) is 24.8 Å². The van der Waals surface area contributed by atoms with Crippen LogP contribution in [0.3, 0.4) is 0 Å². The van der Waals surface area contributed by atoms with Crippen molar-refractivity contribution in [2.45, 2.75) is 12.6 Å². The number of aromatic nitrogens is 4. The van der Waals surface area contributed by atoms with Gasteiger partial charge in [0.25, 0.3) is 0 Å². The molecule has 3 aromatic rings. The summed E-state index contributed by atoms with van der Waals surface area (Å²) in [5.41, 5.74) is 3.30. The number of phenols is 1. The van der Waals surface area contributed by atoms with Gasteiger partial charge in [-0.15, -0.1) is 0 Å². The van der Waals surface area contributed by atoms with E-state index in [1.54, 1.807) is 53.9 Å². The number of nitrogens with zero attached hydrogens (tertiary/aromatic N) is 4. The van der Waals surface area contributed by atoms with Crippen LogP contribution in [0.25, 0.3) is 23.0 Å². The highest BCUT2D eigenvalue weighted by Gasteiger charge is 2.17. The predicted molar refractivity (Wildman–Crippen MR) is 96.6 cm³/mol. The number of nitrogens with one attached hydrogen (secondary N) is 1. The quantitative estimate of drug-likeness (QED) is 0.759. The number of imidazole rings is 1. The maximum absolute atomic E-state index is 13.9. The Hall–Kier alpha value is -3.06. The zero-order chi connectivity index (χ0) is 17.9. The van der Waals surface area contributed by atoms with E-state index in [0.29, 0.717) is 29.9 Å². The van der Waals surface area contributed by atoms with Crippen molar-refractivity contribution in [2.24, 2.45) is 0 Å². The summed E-state index contributed by atoms with van der Waals surface area (Å²) in [6.07, 6.45) is 9.77. The Balaban J connectivity index is 1.58. The first-order valence-electron chi connectivity index (χ1n) is 8.40. The van der Waals surface area contributed by atoms with E-state index in [1.165, 1.54) is 0 Å². The van der Waals surface area contributed by atoms with Crippen LogP contribution >= 0.6 is 0 Å². The number of alkyl halides is 1. The van der Waals surface area contributed by atoms with Gasteiger partial charge < -0.3 is 15.0 Å². The standard InChI is InChI=1S/C19H18FN5O/c20-17-10-21-4-3-13(17)7-14-9-24-18(11-23-14)16-2-1-15(8-19(16)26)25-6-5-22-12-25/h1-2,5-9,11-12,17,21,26H,3-4,10H2. The number of hydrogen-bond donors (Lipinski definition) is 2. The van der Waals surface area contributed by atoms with Crippen LogP contribution in [-0.4, -0.2) is 43.9 Å². The SMILES string of the molecule is Oc1cc(-n2ccnc2)ccc1-c1cnc(C=C2CCNCC2F)cn1. The van der Waals surface area contributed by atoms with Gasteiger partial charge in [0.05, 0.1) is 35.8 Å². The van der Waals surface area contributed by atoms with E-state index in [4.69, 9.17) is 0 Å². The second-order valence-corrected chi connectivity index (χ2v) is 6.14. The molecule has 4 rings (SSSR count). The van der Waals surface area contributed by atoms with Gasteiger partial charge >= 0.3 is 0 Å². The summed E-state index contributed by atoms with van der Waals surface area (Å²) in [7, 11) is 0. The molecule has 2 aromatic heterocycles. The van der Waals surface area contributed by atoms with Crippen molar-refractivity contribution in [3.8, 4) is 22.7 Å². The number of hydrogen-bond acceptors (Lipinski definition) is 5. The number of aromatic hydroxyl groups is 1. The van der Waals surface area contributed by atoms with Crippen molar-refractivity contribution in [3.05, 3.63) is 60.6 Å². The maximum Gasteiger partial charge on any atom is 0.134 e. The van der Waals surface area contributed by atoms with E-state index in [-0.39, 0.29) is 5.75 Å². The highest BCUT2D eigenvalue weighted by atomic mass is 19.1. The first-order valence-corrected chi connectivity index (χ1v) is 8.40. The van der Waals surface area contributed by atoms with Gasteiger partial charge in [0.1, 0.15) is 11.9 Å². The normalized spacial score (nSPS) is 19.0. The number of halogens is 1. The van der Waals surface area contributed by atoms with Crippen LogP contribution in [0.4, 0.5) is 4.39 Å². The van der Waals surface area contributed by atoms with E-state index >= 15 is 0 Å². The van der Waals surface area contributed by atoms with E-state index in [2.05, 4.69) is 20.3 Å². The lowest BCUT2D eigenvalue weighted by Gasteiger charge is -2.19. The second-order valence-electron chi connectivity index (χ2n) is 6.14. The Labute approximate surface area is 150 Å². The molecule has 0 saturated carbocycles. The maximum atomic E-state index is 13.9. The highest BCUT2D eigenvalue weighted by Crippen LogP contribution is 2.29. The molecular weight excluding hydrogens is 333 g/mol. The van der Waals surface area contributed by atoms with Crippen molar-refractivity contribution >= 4 is 6.08 Å². The molecule has 3 heterocycles. The third kappa shape index (κ3) is 3.34. The van der Waals surface area contributed by atoms with Gasteiger partial charge in [-0.25, -0.2) is 9.37 Å². The van der Waals surface area contributed by atoms with E-state index < -0.39 is 6.17 Å². The minimum atomic E-state index is -0.981. The molecule has 7 heteroatoms. The lowest BCUT2D eigenvalue weighted by molar-refractivity contribution is 0.334. The molecule has 6 nitrogen and oxygen atoms in total. The predicted octanol–water partition coefficient (Wildman–Crippen LogP) is 2.75. The molecule has 0 radical (unpaired) electrons. The first kappa shape index (κ1) is 16.4. The lowest BCUT2D eigenvalue weighted by Crippen LogP contribution is -2.32. The molecule has 1 aliphatic rings. The second kappa shape index (κ2) is 7.05. The van der Waals surface area contributed by atoms with Crippen LogP contribution in [0, 0.1) is 0 Å². The molecule has 0 aliphatic carbocycles. The van der Waals surface area contributed by atoms with Crippen molar-refractivity contribution in [2.75, 3.05) is 13.1 Å². The lowest BCUT2D eigenvalue weighted by atomic mass is 10.0. The Morgan fingerprint density at radius 1 is 1.27 bits per heavy atom. The fourth-order valence-corrected chi connectivity index (χ4v) is 2.96. The molecular formula is C19H18FN5O. The molecule has 0 bridgehead atoms. The minimum absolute atomic E-state index is 0.110. The molecule has 132 valence electrons. The molecule has 1 saturated heterocycles. The Kier molecular flexibility index (Phi) is 4.45. The molecule has 1 aliphatic heterocycles. The fraction of sp³-hybridized carbons (Fsp3) is 0.211. The summed E-state index contributed by atoms with van der Waals surface area (Å²) in [4.78, 5) is 12.7. The summed E-state index contributed by atoms with van der Waals surface area (Å²) < 4.78 is 15.7. The number of benzene rings is 1. The van der Waals surface area contributed by atoms with Gasteiger partial charge in [-0.1, -0.05) is 0 Å². The Morgan fingerprint density at radius 2 is 2.19 bits per heavy atom. The largest absolute Gasteiger partial charge is 0.507 e. The first-order chi connectivity index (χ1) is 12.7. The molecule has 0 spiro atoms. The van der Waals surface area contributed by atoms with Gasteiger partial charge in [-0.05, 0) is 36.7 Å². The summed E-state index contributed by atoms with van der Waals surface area (Å²) in [5, 5.41) is 13.4. The smallest absolute Gasteiger partial charge is 0.134 e. The van der Waals surface area contributed by atoms with E-state index in [1.807, 2.05) is 6.07 Å².